The molecule has 0 bridgehead atoms. The highest BCUT2D eigenvalue weighted by molar-refractivity contribution is 6.04. The van der Waals surface area contributed by atoms with Crippen molar-refractivity contribution in [3.63, 3.8) is 0 Å². The van der Waals surface area contributed by atoms with Gasteiger partial charge in [-0.25, -0.2) is 8.78 Å². The van der Waals surface area contributed by atoms with Crippen LogP contribution in [0.3, 0.4) is 0 Å². The summed E-state index contributed by atoms with van der Waals surface area (Å²) in [5.74, 6) is -0.492. The minimum Gasteiger partial charge on any atom is -0.493 e. The van der Waals surface area contributed by atoms with Gasteiger partial charge in [-0.1, -0.05) is 5.16 Å². The standard InChI is InChI=1S/C24H25F2N3O4/c1-14-18(15(2)33-28-14)13-32-21-7-6-16(10-22(21)31-3)24(30)27-17-11-19(25)23(20(26)12-17)29-8-4-5-9-29/h6-7,10-12H,4-5,8-9,13H2,1-3H3,(H,27,30). The topological polar surface area (TPSA) is 76.8 Å². The molecule has 9 heteroatoms. The van der Waals surface area contributed by atoms with Crippen LogP contribution in [-0.4, -0.2) is 31.3 Å². The number of aryl methyl sites for hydroxylation is 2. The van der Waals surface area contributed by atoms with Crippen molar-refractivity contribution in [2.45, 2.75) is 33.3 Å². The summed E-state index contributed by atoms with van der Waals surface area (Å²) in [5.41, 5.74) is 1.81. The van der Waals surface area contributed by atoms with E-state index in [9.17, 15) is 13.6 Å². The third kappa shape index (κ3) is 4.76. The Bertz CT molecular complexity index is 1130. The Morgan fingerprint density at radius 1 is 1.12 bits per heavy atom. The Hall–Kier alpha value is -3.62. The molecule has 3 aromatic rings. The van der Waals surface area contributed by atoms with Crippen molar-refractivity contribution < 1.29 is 27.6 Å². The smallest absolute Gasteiger partial charge is 0.255 e. The average molecular weight is 457 g/mol. The zero-order valence-electron chi connectivity index (χ0n) is 18.7. The van der Waals surface area contributed by atoms with Gasteiger partial charge < -0.3 is 24.2 Å². The summed E-state index contributed by atoms with van der Waals surface area (Å²) in [6.45, 7) is 5.08. The first-order valence-electron chi connectivity index (χ1n) is 10.6. The molecule has 0 spiro atoms. The van der Waals surface area contributed by atoms with Crippen LogP contribution in [0.25, 0.3) is 0 Å². The van der Waals surface area contributed by atoms with Crippen LogP contribution < -0.4 is 19.7 Å². The minimum atomic E-state index is -0.701. The van der Waals surface area contributed by atoms with Gasteiger partial charge in [-0.3, -0.25) is 4.79 Å². The molecule has 1 aromatic heterocycles. The molecule has 1 fully saturated rings. The quantitative estimate of drug-likeness (QED) is 0.538. The molecule has 1 aliphatic heterocycles. The minimum absolute atomic E-state index is 0.0376. The van der Waals surface area contributed by atoms with Gasteiger partial charge in [-0.05, 0) is 57.0 Å². The van der Waals surface area contributed by atoms with Crippen LogP contribution in [0.2, 0.25) is 0 Å². The van der Waals surface area contributed by atoms with E-state index in [2.05, 4.69) is 10.5 Å². The van der Waals surface area contributed by atoms with Gasteiger partial charge >= 0.3 is 0 Å². The molecule has 1 N–H and O–H groups in total. The fourth-order valence-electron chi connectivity index (χ4n) is 3.87. The van der Waals surface area contributed by atoms with Gasteiger partial charge in [0.1, 0.15) is 18.1 Å². The van der Waals surface area contributed by atoms with Crippen molar-refractivity contribution in [3.8, 4) is 11.5 Å². The van der Waals surface area contributed by atoms with Crippen molar-refractivity contribution in [3.05, 3.63) is 64.5 Å². The maximum Gasteiger partial charge on any atom is 0.255 e. The second kappa shape index (κ2) is 9.48. The number of carbonyl (C=O) groups excluding carboxylic acids is 1. The van der Waals surface area contributed by atoms with Crippen molar-refractivity contribution >= 4 is 17.3 Å². The van der Waals surface area contributed by atoms with Crippen LogP contribution in [0.15, 0.2) is 34.9 Å². The Labute approximate surface area is 190 Å². The summed E-state index contributed by atoms with van der Waals surface area (Å²) in [7, 11) is 1.46. The lowest BCUT2D eigenvalue weighted by Gasteiger charge is -2.20. The number of aromatic nitrogens is 1. The van der Waals surface area contributed by atoms with Crippen molar-refractivity contribution in [1.29, 1.82) is 0 Å². The lowest BCUT2D eigenvalue weighted by atomic mass is 10.1. The van der Waals surface area contributed by atoms with E-state index in [1.54, 1.807) is 24.0 Å². The number of carbonyl (C=O) groups is 1. The number of nitrogens with one attached hydrogen (secondary N) is 1. The van der Waals surface area contributed by atoms with E-state index >= 15 is 0 Å². The average Bonchev–Trinajstić information content (AvgIpc) is 3.42. The van der Waals surface area contributed by atoms with E-state index < -0.39 is 17.5 Å². The van der Waals surface area contributed by atoms with Crippen molar-refractivity contribution in [1.82, 2.24) is 5.16 Å². The fraction of sp³-hybridized carbons (Fsp3) is 0.333. The maximum atomic E-state index is 14.6. The Morgan fingerprint density at radius 3 is 2.42 bits per heavy atom. The largest absolute Gasteiger partial charge is 0.493 e. The molecule has 0 saturated carbocycles. The Kier molecular flexibility index (Phi) is 6.48. The van der Waals surface area contributed by atoms with Gasteiger partial charge in [0.05, 0.1) is 18.4 Å². The number of benzene rings is 2. The van der Waals surface area contributed by atoms with Crippen LogP contribution in [0.1, 0.15) is 40.2 Å². The molecule has 4 rings (SSSR count). The molecule has 1 aliphatic rings. The molecule has 1 saturated heterocycles. The van der Waals surface area contributed by atoms with E-state index in [1.165, 1.54) is 13.2 Å². The molecule has 2 heterocycles. The predicted molar refractivity (Wildman–Crippen MR) is 119 cm³/mol. The number of rotatable bonds is 7. The first-order valence-corrected chi connectivity index (χ1v) is 10.6. The fourth-order valence-corrected chi connectivity index (χ4v) is 3.87. The van der Waals surface area contributed by atoms with Gasteiger partial charge in [0.2, 0.25) is 0 Å². The van der Waals surface area contributed by atoms with Gasteiger partial charge in [-0.2, -0.15) is 0 Å². The molecule has 2 aromatic carbocycles. The number of hydrogen-bond acceptors (Lipinski definition) is 6. The first-order chi connectivity index (χ1) is 15.9. The molecule has 1 amide bonds. The summed E-state index contributed by atoms with van der Waals surface area (Å²) in [6, 6.07) is 6.92. The summed E-state index contributed by atoms with van der Waals surface area (Å²) < 4.78 is 45.4. The van der Waals surface area contributed by atoms with E-state index in [0.717, 1.165) is 36.2 Å². The molecule has 7 nitrogen and oxygen atoms in total. The number of hydrogen-bond donors (Lipinski definition) is 1. The third-order valence-electron chi connectivity index (χ3n) is 5.68. The Balaban J connectivity index is 1.48. The third-order valence-corrected chi connectivity index (χ3v) is 5.68. The highest BCUT2D eigenvalue weighted by Crippen LogP contribution is 2.32. The number of nitrogens with zero attached hydrogens (tertiary/aromatic N) is 2. The zero-order chi connectivity index (χ0) is 23.5. The van der Waals surface area contributed by atoms with Crippen LogP contribution in [0.5, 0.6) is 11.5 Å². The van der Waals surface area contributed by atoms with Gasteiger partial charge in [-0.15, -0.1) is 0 Å². The van der Waals surface area contributed by atoms with Gasteiger partial charge in [0.25, 0.3) is 5.91 Å². The predicted octanol–water partition coefficient (Wildman–Crippen LogP) is 5.01. The highest BCUT2D eigenvalue weighted by atomic mass is 19.1. The molecule has 174 valence electrons. The summed E-state index contributed by atoms with van der Waals surface area (Å²) in [4.78, 5) is 14.4. The number of halogens is 2. The SMILES string of the molecule is COc1cc(C(=O)Nc2cc(F)c(N3CCCC3)c(F)c2)ccc1OCc1c(C)noc1C. The summed E-state index contributed by atoms with van der Waals surface area (Å²) in [5, 5.41) is 6.44. The van der Waals surface area contributed by atoms with Crippen LogP contribution in [0.4, 0.5) is 20.2 Å². The van der Waals surface area contributed by atoms with Gasteiger partial charge in [0, 0.05) is 24.3 Å². The van der Waals surface area contributed by atoms with E-state index in [-0.39, 0.29) is 23.5 Å². The second-order valence-electron chi connectivity index (χ2n) is 7.89. The molecule has 0 aliphatic carbocycles. The number of ether oxygens (including phenoxy) is 2. The lowest BCUT2D eigenvalue weighted by Crippen LogP contribution is -2.21. The Morgan fingerprint density at radius 2 is 1.82 bits per heavy atom. The van der Waals surface area contributed by atoms with Crippen LogP contribution in [0, 0.1) is 25.5 Å². The van der Waals surface area contributed by atoms with Crippen molar-refractivity contribution in [2.24, 2.45) is 0 Å². The first kappa shape index (κ1) is 22.6. The second-order valence-corrected chi connectivity index (χ2v) is 7.89. The monoisotopic (exact) mass is 457 g/mol. The molecule has 33 heavy (non-hydrogen) atoms. The van der Waals surface area contributed by atoms with E-state index in [0.29, 0.717) is 30.3 Å². The molecule has 0 radical (unpaired) electrons. The lowest BCUT2D eigenvalue weighted by molar-refractivity contribution is 0.102. The molecular formula is C24H25F2N3O4. The number of methoxy groups -OCH3 is 1. The van der Waals surface area contributed by atoms with Gasteiger partial charge in [0.15, 0.2) is 23.1 Å². The van der Waals surface area contributed by atoms with E-state index in [4.69, 9.17) is 14.0 Å². The van der Waals surface area contributed by atoms with Crippen LogP contribution in [-0.2, 0) is 6.61 Å². The zero-order valence-corrected chi connectivity index (χ0v) is 18.7. The maximum absolute atomic E-state index is 14.6. The van der Waals surface area contributed by atoms with Crippen LogP contribution >= 0.6 is 0 Å². The molecule has 0 unspecified atom stereocenters. The molecular weight excluding hydrogens is 432 g/mol. The summed E-state index contributed by atoms with van der Waals surface area (Å²) >= 11 is 0. The number of amides is 1. The van der Waals surface area contributed by atoms with E-state index in [1.807, 2.05) is 6.92 Å². The van der Waals surface area contributed by atoms with Crippen molar-refractivity contribution in [2.75, 3.05) is 30.4 Å². The molecule has 0 atom stereocenters. The summed E-state index contributed by atoms with van der Waals surface area (Å²) in [6.07, 6.45) is 1.80. The highest BCUT2D eigenvalue weighted by Gasteiger charge is 2.22. The number of anilines is 2. The normalized spacial score (nSPS) is 13.3.